The third-order valence-electron chi connectivity index (χ3n) is 4.03. The Balaban J connectivity index is 0.00000242. The van der Waals surface area contributed by atoms with Crippen LogP contribution in [-0.2, 0) is 13.6 Å². The van der Waals surface area contributed by atoms with E-state index in [1.165, 1.54) is 12.0 Å². The van der Waals surface area contributed by atoms with Gasteiger partial charge in [-0.2, -0.15) is 0 Å². The van der Waals surface area contributed by atoms with Gasteiger partial charge in [0.1, 0.15) is 0 Å². The van der Waals surface area contributed by atoms with Crippen molar-refractivity contribution in [3.8, 4) is 0 Å². The molecule has 1 aliphatic rings. The van der Waals surface area contributed by atoms with Gasteiger partial charge in [-0.1, -0.05) is 19.3 Å². The van der Waals surface area contributed by atoms with E-state index in [2.05, 4.69) is 34.8 Å². The molecular weight excluding hydrogens is 391 g/mol. The topological polar surface area (TPSA) is 61.6 Å². The summed E-state index contributed by atoms with van der Waals surface area (Å²) in [5.41, 5.74) is 0.618. The third-order valence-corrected chi connectivity index (χ3v) is 4.03. The zero-order chi connectivity index (χ0) is 15.1. The van der Waals surface area contributed by atoms with Gasteiger partial charge in [0.05, 0.1) is 12.1 Å². The summed E-state index contributed by atoms with van der Waals surface area (Å²) in [7, 11) is 2.01. The number of rotatable bonds is 5. The predicted molar refractivity (Wildman–Crippen MR) is 102 cm³/mol. The first-order chi connectivity index (χ1) is 10.1. The molecule has 2 rings (SSSR count). The summed E-state index contributed by atoms with van der Waals surface area (Å²) in [4.78, 5) is 4.58. The minimum atomic E-state index is -0.568. The highest BCUT2D eigenvalue weighted by Gasteiger charge is 2.29. The molecule has 1 saturated carbocycles. The van der Waals surface area contributed by atoms with Crippen LogP contribution < -0.4 is 10.6 Å². The van der Waals surface area contributed by atoms with Gasteiger partial charge in [0.2, 0.25) is 0 Å². The van der Waals surface area contributed by atoms with Crippen molar-refractivity contribution in [2.75, 3.05) is 13.1 Å². The quantitative estimate of drug-likeness (QED) is 0.390. The SMILES string of the molecule is CCNC(=NCc1ccn(C)c1)NCC1(O)CCCCC1.I. The Kier molecular flexibility index (Phi) is 8.24. The minimum absolute atomic E-state index is 0. The van der Waals surface area contributed by atoms with Crippen molar-refractivity contribution in [1.29, 1.82) is 0 Å². The van der Waals surface area contributed by atoms with Crippen LogP contribution in [0.2, 0.25) is 0 Å². The summed E-state index contributed by atoms with van der Waals surface area (Å²) in [5.74, 6) is 0.778. The maximum absolute atomic E-state index is 10.5. The van der Waals surface area contributed by atoms with E-state index in [0.29, 0.717) is 13.1 Å². The molecule has 1 aliphatic carbocycles. The molecule has 0 atom stereocenters. The van der Waals surface area contributed by atoms with Crippen molar-refractivity contribution in [3.63, 3.8) is 0 Å². The van der Waals surface area contributed by atoms with E-state index in [1.54, 1.807) is 0 Å². The first-order valence-electron chi connectivity index (χ1n) is 7.97. The van der Waals surface area contributed by atoms with Gasteiger partial charge >= 0.3 is 0 Å². The van der Waals surface area contributed by atoms with Crippen LogP contribution in [0.25, 0.3) is 0 Å². The largest absolute Gasteiger partial charge is 0.388 e. The molecular formula is C16H29IN4O. The number of aromatic nitrogens is 1. The van der Waals surface area contributed by atoms with Crippen LogP contribution in [0.3, 0.4) is 0 Å². The standard InChI is InChI=1S/C16H28N4O.HI/c1-3-17-15(18-11-14-7-10-20(2)12-14)19-13-16(21)8-5-4-6-9-16;/h7,10,12,21H,3-6,8-9,11,13H2,1-2H3,(H2,17,18,19);1H. The summed E-state index contributed by atoms with van der Waals surface area (Å²) < 4.78 is 2.02. The Morgan fingerprint density at radius 2 is 2.05 bits per heavy atom. The summed E-state index contributed by atoms with van der Waals surface area (Å²) in [5, 5.41) is 17.1. The van der Waals surface area contributed by atoms with E-state index in [-0.39, 0.29) is 24.0 Å². The van der Waals surface area contributed by atoms with E-state index in [0.717, 1.165) is 38.2 Å². The molecule has 0 bridgehead atoms. The van der Waals surface area contributed by atoms with Gasteiger partial charge in [-0.3, -0.25) is 0 Å². The summed E-state index contributed by atoms with van der Waals surface area (Å²) in [6.07, 6.45) is 9.35. The van der Waals surface area contributed by atoms with Crippen molar-refractivity contribution in [2.24, 2.45) is 12.0 Å². The Hall–Kier alpha value is -0.760. The molecule has 0 radical (unpaired) electrons. The van der Waals surface area contributed by atoms with Gasteiger partial charge in [-0.15, -0.1) is 24.0 Å². The van der Waals surface area contributed by atoms with E-state index < -0.39 is 5.60 Å². The summed E-state index contributed by atoms with van der Waals surface area (Å²) in [6, 6.07) is 2.07. The lowest BCUT2D eigenvalue weighted by Gasteiger charge is -2.32. The average molecular weight is 420 g/mol. The second-order valence-corrected chi connectivity index (χ2v) is 6.02. The van der Waals surface area contributed by atoms with Gasteiger partial charge in [-0.25, -0.2) is 4.99 Å². The van der Waals surface area contributed by atoms with Crippen molar-refractivity contribution >= 4 is 29.9 Å². The zero-order valence-corrected chi connectivity index (χ0v) is 16.0. The number of hydrogen-bond acceptors (Lipinski definition) is 2. The molecule has 126 valence electrons. The molecule has 0 amide bonds. The number of halogens is 1. The predicted octanol–water partition coefficient (Wildman–Crippen LogP) is 2.39. The molecule has 1 aromatic heterocycles. The fraction of sp³-hybridized carbons (Fsp3) is 0.688. The van der Waals surface area contributed by atoms with Crippen LogP contribution >= 0.6 is 24.0 Å². The molecule has 1 heterocycles. The monoisotopic (exact) mass is 420 g/mol. The Bertz CT molecular complexity index is 466. The molecule has 6 heteroatoms. The fourth-order valence-electron chi connectivity index (χ4n) is 2.80. The maximum Gasteiger partial charge on any atom is 0.191 e. The van der Waals surface area contributed by atoms with Crippen LogP contribution in [-0.4, -0.2) is 34.3 Å². The highest BCUT2D eigenvalue weighted by atomic mass is 127. The lowest BCUT2D eigenvalue weighted by Crippen LogP contribution is -2.48. The van der Waals surface area contributed by atoms with E-state index in [1.807, 2.05) is 17.8 Å². The van der Waals surface area contributed by atoms with Gasteiger partial charge in [-0.05, 0) is 31.4 Å². The highest BCUT2D eigenvalue weighted by molar-refractivity contribution is 14.0. The van der Waals surface area contributed by atoms with Gasteiger partial charge < -0.3 is 20.3 Å². The van der Waals surface area contributed by atoms with Crippen molar-refractivity contribution in [3.05, 3.63) is 24.0 Å². The van der Waals surface area contributed by atoms with Crippen molar-refractivity contribution in [1.82, 2.24) is 15.2 Å². The van der Waals surface area contributed by atoms with E-state index in [4.69, 9.17) is 0 Å². The fourth-order valence-corrected chi connectivity index (χ4v) is 2.80. The molecule has 0 spiro atoms. The molecule has 0 saturated heterocycles. The number of nitrogens with zero attached hydrogens (tertiary/aromatic N) is 2. The summed E-state index contributed by atoms with van der Waals surface area (Å²) in [6.45, 7) is 4.09. The molecule has 0 aliphatic heterocycles. The maximum atomic E-state index is 10.5. The van der Waals surface area contributed by atoms with Crippen LogP contribution in [0.15, 0.2) is 23.5 Å². The average Bonchev–Trinajstić information content (AvgIpc) is 2.88. The second-order valence-electron chi connectivity index (χ2n) is 6.02. The first-order valence-corrected chi connectivity index (χ1v) is 7.97. The lowest BCUT2D eigenvalue weighted by atomic mass is 9.85. The second kappa shape index (κ2) is 9.39. The number of nitrogens with one attached hydrogen (secondary N) is 2. The highest BCUT2D eigenvalue weighted by Crippen LogP contribution is 2.27. The number of hydrogen-bond donors (Lipinski definition) is 3. The smallest absolute Gasteiger partial charge is 0.191 e. The zero-order valence-electron chi connectivity index (χ0n) is 13.6. The van der Waals surface area contributed by atoms with Crippen molar-refractivity contribution < 1.29 is 5.11 Å². The first kappa shape index (κ1) is 19.3. The molecule has 5 nitrogen and oxygen atoms in total. The molecule has 1 fully saturated rings. The Morgan fingerprint density at radius 1 is 1.32 bits per heavy atom. The van der Waals surface area contributed by atoms with E-state index >= 15 is 0 Å². The van der Waals surface area contributed by atoms with Crippen LogP contribution in [0.4, 0.5) is 0 Å². The molecule has 1 aromatic rings. The van der Waals surface area contributed by atoms with Crippen LogP contribution in [0.5, 0.6) is 0 Å². The Labute approximate surface area is 150 Å². The number of aryl methyl sites for hydroxylation is 1. The Morgan fingerprint density at radius 3 is 2.64 bits per heavy atom. The molecule has 3 N–H and O–H groups in total. The normalized spacial score (nSPS) is 17.7. The van der Waals surface area contributed by atoms with Crippen LogP contribution in [0, 0.1) is 0 Å². The van der Waals surface area contributed by atoms with Gasteiger partial charge in [0.25, 0.3) is 0 Å². The molecule has 0 unspecified atom stereocenters. The van der Waals surface area contributed by atoms with E-state index in [9.17, 15) is 5.11 Å². The molecule has 22 heavy (non-hydrogen) atoms. The summed E-state index contributed by atoms with van der Waals surface area (Å²) >= 11 is 0. The van der Waals surface area contributed by atoms with Crippen LogP contribution in [0.1, 0.15) is 44.6 Å². The number of aliphatic hydroxyl groups is 1. The number of guanidine groups is 1. The lowest BCUT2D eigenvalue weighted by molar-refractivity contribution is 0.00859. The molecule has 0 aromatic carbocycles. The van der Waals surface area contributed by atoms with Gasteiger partial charge in [0, 0.05) is 32.5 Å². The third kappa shape index (κ3) is 6.16. The minimum Gasteiger partial charge on any atom is -0.388 e. The number of aliphatic imine (C=N–C) groups is 1. The van der Waals surface area contributed by atoms with Crippen molar-refractivity contribution in [2.45, 2.75) is 51.2 Å². The van der Waals surface area contributed by atoms with Gasteiger partial charge in [0.15, 0.2) is 5.96 Å².